The molecule has 1 aliphatic heterocycles. The number of amides is 2. The molecule has 3 rings (SSSR count). The lowest BCUT2D eigenvalue weighted by Gasteiger charge is -2.23. The van der Waals surface area contributed by atoms with E-state index in [9.17, 15) is 18.0 Å². The minimum absolute atomic E-state index is 0.0351. The molecule has 178 valence electrons. The first-order valence-electron chi connectivity index (χ1n) is 10.4. The summed E-state index contributed by atoms with van der Waals surface area (Å²) in [6, 6.07) is 9.49. The summed E-state index contributed by atoms with van der Waals surface area (Å²) in [6.45, 7) is 1.78. The van der Waals surface area contributed by atoms with Crippen molar-refractivity contribution in [3.05, 3.63) is 52.5 Å². The highest BCUT2D eigenvalue weighted by atomic mass is 35.5. The van der Waals surface area contributed by atoms with Crippen molar-refractivity contribution in [1.82, 2.24) is 9.80 Å². The molecule has 10 heteroatoms. The lowest BCUT2D eigenvalue weighted by Crippen LogP contribution is -2.38. The fourth-order valence-electron chi connectivity index (χ4n) is 3.72. The van der Waals surface area contributed by atoms with Gasteiger partial charge in [-0.25, -0.2) is 8.42 Å². The maximum Gasteiger partial charge on any atom is 0.255 e. The highest BCUT2D eigenvalue weighted by Crippen LogP contribution is 2.28. The first-order valence-corrected chi connectivity index (χ1v) is 12.7. The second kappa shape index (κ2) is 10.4. The Kier molecular flexibility index (Phi) is 7.86. The molecule has 2 aromatic rings. The predicted octanol–water partition coefficient (Wildman–Crippen LogP) is 2.68. The van der Waals surface area contributed by atoms with Crippen LogP contribution < -0.4 is 9.47 Å². The maximum absolute atomic E-state index is 13.0. The molecule has 0 atom stereocenters. The number of nitrogens with zero attached hydrogens (tertiary/aromatic N) is 2. The molecule has 0 bridgehead atoms. The smallest absolute Gasteiger partial charge is 0.255 e. The van der Waals surface area contributed by atoms with Crippen LogP contribution >= 0.6 is 11.6 Å². The molecular weight excluding hydrogens is 468 g/mol. The van der Waals surface area contributed by atoms with Gasteiger partial charge in [0.1, 0.15) is 0 Å². The largest absolute Gasteiger partial charge is 0.493 e. The summed E-state index contributed by atoms with van der Waals surface area (Å²) < 4.78 is 34.0. The Morgan fingerprint density at radius 3 is 2.24 bits per heavy atom. The Morgan fingerprint density at radius 2 is 1.61 bits per heavy atom. The lowest BCUT2D eigenvalue weighted by atomic mass is 10.1. The van der Waals surface area contributed by atoms with Crippen LogP contribution in [0.3, 0.4) is 0 Å². The lowest BCUT2D eigenvalue weighted by molar-refractivity contribution is -0.130. The van der Waals surface area contributed by atoms with E-state index in [1.807, 2.05) is 6.07 Å². The summed E-state index contributed by atoms with van der Waals surface area (Å²) >= 11 is 6.21. The van der Waals surface area contributed by atoms with E-state index in [0.29, 0.717) is 44.1 Å². The molecule has 0 radical (unpaired) electrons. The monoisotopic (exact) mass is 494 g/mol. The standard InChI is InChI=1S/C23H27ClN2O6S/c1-31-20-8-5-16(13-21(20)32-2)14-22(27)25-9-4-10-26(12-11-25)23(28)18-7-6-17(15-19(18)24)33(3,29)30/h5-8,13,15H,4,9-12,14H2,1-3H3. The number of sulfone groups is 1. The topological polar surface area (TPSA) is 93.2 Å². The summed E-state index contributed by atoms with van der Waals surface area (Å²) in [7, 11) is -0.316. The van der Waals surface area contributed by atoms with Gasteiger partial charge in [0.05, 0.1) is 36.1 Å². The zero-order valence-corrected chi connectivity index (χ0v) is 20.4. The van der Waals surface area contributed by atoms with Crippen LogP contribution in [0, 0.1) is 0 Å². The molecule has 1 aliphatic rings. The Bertz CT molecular complexity index is 1150. The van der Waals surface area contributed by atoms with E-state index in [-0.39, 0.29) is 33.7 Å². The van der Waals surface area contributed by atoms with Crippen LogP contribution in [0.15, 0.2) is 41.3 Å². The van der Waals surface area contributed by atoms with E-state index in [0.717, 1.165) is 11.8 Å². The van der Waals surface area contributed by atoms with E-state index >= 15 is 0 Å². The predicted molar refractivity (Wildman–Crippen MR) is 125 cm³/mol. The van der Waals surface area contributed by atoms with Gasteiger partial charge < -0.3 is 19.3 Å². The first kappa shape index (κ1) is 24.9. The number of carbonyl (C=O) groups is 2. The molecule has 2 amide bonds. The van der Waals surface area contributed by atoms with Crippen molar-refractivity contribution in [2.75, 3.05) is 46.7 Å². The van der Waals surface area contributed by atoms with Gasteiger partial charge in [0.15, 0.2) is 21.3 Å². The Morgan fingerprint density at radius 1 is 0.939 bits per heavy atom. The van der Waals surface area contributed by atoms with Gasteiger partial charge in [-0.15, -0.1) is 0 Å². The van der Waals surface area contributed by atoms with Crippen LogP contribution in [-0.2, 0) is 21.1 Å². The van der Waals surface area contributed by atoms with Gasteiger partial charge in [-0.1, -0.05) is 17.7 Å². The van der Waals surface area contributed by atoms with E-state index in [2.05, 4.69) is 0 Å². The molecule has 0 aliphatic carbocycles. The second-order valence-electron chi connectivity index (χ2n) is 7.81. The quantitative estimate of drug-likeness (QED) is 0.613. The van der Waals surface area contributed by atoms with Crippen molar-refractivity contribution in [2.24, 2.45) is 0 Å². The molecule has 0 unspecified atom stereocenters. The van der Waals surface area contributed by atoms with E-state index in [1.54, 1.807) is 36.2 Å². The van der Waals surface area contributed by atoms with Crippen LogP contribution in [-0.4, -0.2) is 76.7 Å². The third kappa shape index (κ3) is 5.97. The van der Waals surface area contributed by atoms with Crippen molar-refractivity contribution < 1.29 is 27.5 Å². The van der Waals surface area contributed by atoms with Gasteiger partial charge in [0, 0.05) is 32.4 Å². The molecule has 0 aromatic heterocycles. The maximum atomic E-state index is 13.0. The van der Waals surface area contributed by atoms with Crippen LogP contribution in [0.2, 0.25) is 5.02 Å². The molecule has 8 nitrogen and oxygen atoms in total. The molecule has 1 saturated heterocycles. The number of benzene rings is 2. The zero-order valence-electron chi connectivity index (χ0n) is 18.8. The Balaban J connectivity index is 1.65. The number of hydrogen-bond acceptors (Lipinski definition) is 6. The number of ether oxygens (including phenoxy) is 2. The van der Waals surface area contributed by atoms with Crippen LogP contribution in [0.25, 0.3) is 0 Å². The number of methoxy groups -OCH3 is 2. The van der Waals surface area contributed by atoms with Gasteiger partial charge in [-0.05, 0) is 42.3 Å². The Labute approximate surface area is 198 Å². The third-order valence-electron chi connectivity index (χ3n) is 5.54. The average Bonchev–Trinajstić information content (AvgIpc) is 3.04. The number of halogens is 1. The van der Waals surface area contributed by atoms with E-state index in [1.165, 1.54) is 18.2 Å². The van der Waals surface area contributed by atoms with Crippen molar-refractivity contribution in [1.29, 1.82) is 0 Å². The molecule has 0 saturated carbocycles. The van der Waals surface area contributed by atoms with E-state index in [4.69, 9.17) is 21.1 Å². The van der Waals surface area contributed by atoms with Crippen molar-refractivity contribution >= 4 is 33.3 Å². The first-order chi connectivity index (χ1) is 15.6. The van der Waals surface area contributed by atoms with Gasteiger partial charge in [0.25, 0.3) is 5.91 Å². The normalized spacial score (nSPS) is 14.5. The van der Waals surface area contributed by atoms with Crippen molar-refractivity contribution in [3.63, 3.8) is 0 Å². The molecular formula is C23H27ClN2O6S. The highest BCUT2D eigenvalue weighted by molar-refractivity contribution is 7.90. The number of hydrogen-bond donors (Lipinski definition) is 0. The molecule has 0 N–H and O–H groups in total. The van der Waals surface area contributed by atoms with Crippen LogP contribution in [0.5, 0.6) is 11.5 Å². The van der Waals surface area contributed by atoms with Gasteiger partial charge in [0.2, 0.25) is 5.91 Å². The zero-order chi connectivity index (χ0) is 24.2. The molecule has 2 aromatic carbocycles. The minimum atomic E-state index is -3.42. The van der Waals surface area contributed by atoms with Crippen LogP contribution in [0.4, 0.5) is 0 Å². The summed E-state index contributed by atoms with van der Waals surface area (Å²) in [5, 5.41) is 0.0913. The fourth-order valence-corrected chi connectivity index (χ4v) is 4.69. The summed E-state index contributed by atoms with van der Waals surface area (Å²) in [4.78, 5) is 29.3. The third-order valence-corrected chi connectivity index (χ3v) is 6.96. The molecule has 0 spiro atoms. The van der Waals surface area contributed by atoms with Crippen molar-refractivity contribution in [3.8, 4) is 11.5 Å². The SMILES string of the molecule is COc1ccc(CC(=O)N2CCCN(C(=O)c3ccc(S(C)(=O)=O)cc3Cl)CC2)cc1OC. The van der Waals surface area contributed by atoms with Gasteiger partial charge in [-0.2, -0.15) is 0 Å². The van der Waals surface area contributed by atoms with Gasteiger partial charge >= 0.3 is 0 Å². The molecule has 1 heterocycles. The summed E-state index contributed by atoms with van der Waals surface area (Å²) in [5.41, 5.74) is 1.06. The minimum Gasteiger partial charge on any atom is -0.493 e. The second-order valence-corrected chi connectivity index (χ2v) is 10.2. The summed E-state index contributed by atoms with van der Waals surface area (Å²) in [6.07, 6.45) is 1.93. The fraction of sp³-hybridized carbons (Fsp3) is 0.391. The summed E-state index contributed by atoms with van der Waals surface area (Å²) in [5.74, 6) is 0.844. The molecule has 1 fully saturated rings. The van der Waals surface area contributed by atoms with Gasteiger partial charge in [-0.3, -0.25) is 9.59 Å². The van der Waals surface area contributed by atoms with Crippen molar-refractivity contribution in [2.45, 2.75) is 17.7 Å². The van der Waals surface area contributed by atoms with E-state index < -0.39 is 9.84 Å². The molecule has 33 heavy (non-hydrogen) atoms. The Hall–Kier alpha value is -2.78. The average molecular weight is 495 g/mol. The van der Waals surface area contributed by atoms with Crippen LogP contribution in [0.1, 0.15) is 22.3 Å². The highest BCUT2D eigenvalue weighted by Gasteiger charge is 2.25. The number of carbonyl (C=O) groups excluding carboxylic acids is 2. The number of rotatable bonds is 6.